The minimum absolute atomic E-state index is 0.228. The van der Waals surface area contributed by atoms with Gasteiger partial charge in [0.15, 0.2) is 0 Å². The van der Waals surface area contributed by atoms with Gasteiger partial charge in [-0.3, -0.25) is 0 Å². The van der Waals surface area contributed by atoms with Crippen molar-refractivity contribution in [1.82, 2.24) is 5.32 Å². The van der Waals surface area contributed by atoms with E-state index in [0.29, 0.717) is 11.3 Å². The summed E-state index contributed by atoms with van der Waals surface area (Å²) in [4.78, 5) is 0. The highest BCUT2D eigenvalue weighted by atomic mass is 19.1. The standard InChI is InChI=1S/C12H12FNO/c1-14-12(11-7-4-8-15-11)9-5-2-3-6-10(9)13/h2-8,12,14H,1H3. The number of nitrogens with one attached hydrogen (secondary N) is 1. The highest BCUT2D eigenvalue weighted by Gasteiger charge is 2.17. The number of hydrogen-bond acceptors (Lipinski definition) is 2. The van der Waals surface area contributed by atoms with Crippen LogP contribution in [0.2, 0.25) is 0 Å². The maximum Gasteiger partial charge on any atom is 0.128 e. The Morgan fingerprint density at radius 3 is 2.60 bits per heavy atom. The molecule has 0 aliphatic carbocycles. The minimum Gasteiger partial charge on any atom is -0.467 e. The predicted molar refractivity (Wildman–Crippen MR) is 56.0 cm³/mol. The lowest BCUT2D eigenvalue weighted by atomic mass is 10.0. The number of furan rings is 1. The van der Waals surface area contributed by atoms with Gasteiger partial charge in [-0.25, -0.2) is 4.39 Å². The molecule has 0 aliphatic rings. The summed E-state index contributed by atoms with van der Waals surface area (Å²) in [6.07, 6.45) is 1.58. The molecule has 0 bridgehead atoms. The van der Waals surface area contributed by atoms with Crippen LogP contribution in [0.3, 0.4) is 0 Å². The van der Waals surface area contributed by atoms with E-state index in [-0.39, 0.29) is 11.9 Å². The SMILES string of the molecule is CNC(c1ccco1)c1ccccc1F. The number of hydrogen-bond donors (Lipinski definition) is 1. The third-order valence-electron chi connectivity index (χ3n) is 2.33. The van der Waals surface area contributed by atoms with E-state index in [2.05, 4.69) is 5.32 Å². The van der Waals surface area contributed by atoms with Gasteiger partial charge in [-0.1, -0.05) is 18.2 Å². The van der Waals surface area contributed by atoms with E-state index in [0.717, 1.165) is 0 Å². The molecule has 0 spiro atoms. The Kier molecular flexibility index (Phi) is 2.83. The van der Waals surface area contributed by atoms with Gasteiger partial charge in [-0.15, -0.1) is 0 Å². The average Bonchev–Trinajstić information content (AvgIpc) is 2.75. The fraction of sp³-hybridized carbons (Fsp3) is 0.167. The highest BCUT2D eigenvalue weighted by Crippen LogP contribution is 2.23. The molecule has 3 heteroatoms. The minimum atomic E-state index is -0.235. The van der Waals surface area contributed by atoms with E-state index in [1.807, 2.05) is 12.1 Å². The monoisotopic (exact) mass is 205 g/mol. The van der Waals surface area contributed by atoms with Crippen LogP contribution < -0.4 is 5.32 Å². The van der Waals surface area contributed by atoms with Gasteiger partial charge in [-0.05, 0) is 25.2 Å². The molecule has 2 aromatic rings. The van der Waals surface area contributed by atoms with Crippen molar-refractivity contribution in [2.75, 3.05) is 7.05 Å². The summed E-state index contributed by atoms with van der Waals surface area (Å²) in [7, 11) is 1.78. The smallest absolute Gasteiger partial charge is 0.128 e. The lowest BCUT2D eigenvalue weighted by Gasteiger charge is -2.14. The lowest BCUT2D eigenvalue weighted by Crippen LogP contribution is -2.18. The lowest BCUT2D eigenvalue weighted by molar-refractivity contribution is 0.453. The molecule has 2 rings (SSSR count). The average molecular weight is 205 g/mol. The van der Waals surface area contributed by atoms with Crippen LogP contribution in [0, 0.1) is 5.82 Å². The summed E-state index contributed by atoms with van der Waals surface area (Å²) >= 11 is 0. The first-order valence-electron chi connectivity index (χ1n) is 4.78. The van der Waals surface area contributed by atoms with Gasteiger partial charge in [0.05, 0.1) is 12.3 Å². The van der Waals surface area contributed by atoms with Crippen LogP contribution in [0.15, 0.2) is 47.1 Å². The van der Waals surface area contributed by atoms with Crippen molar-refractivity contribution >= 4 is 0 Å². The van der Waals surface area contributed by atoms with Crippen molar-refractivity contribution < 1.29 is 8.81 Å². The van der Waals surface area contributed by atoms with Crippen molar-refractivity contribution in [1.29, 1.82) is 0 Å². The highest BCUT2D eigenvalue weighted by molar-refractivity contribution is 5.27. The molecule has 15 heavy (non-hydrogen) atoms. The zero-order valence-electron chi connectivity index (χ0n) is 8.41. The third-order valence-corrected chi connectivity index (χ3v) is 2.33. The van der Waals surface area contributed by atoms with Gasteiger partial charge in [0.2, 0.25) is 0 Å². The van der Waals surface area contributed by atoms with Gasteiger partial charge in [0.25, 0.3) is 0 Å². The topological polar surface area (TPSA) is 25.2 Å². The molecular formula is C12H12FNO. The van der Waals surface area contributed by atoms with Crippen LogP contribution in [0.4, 0.5) is 4.39 Å². The molecule has 0 fully saturated rings. The second-order valence-electron chi connectivity index (χ2n) is 3.26. The first kappa shape index (κ1) is 9.93. The zero-order valence-corrected chi connectivity index (χ0v) is 8.41. The van der Waals surface area contributed by atoms with Crippen LogP contribution in [-0.4, -0.2) is 7.05 Å². The van der Waals surface area contributed by atoms with Crippen molar-refractivity contribution in [2.24, 2.45) is 0 Å². The van der Waals surface area contributed by atoms with Gasteiger partial charge in [-0.2, -0.15) is 0 Å². The molecule has 1 N–H and O–H groups in total. The fourth-order valence-corrected chi connectivity index (χ4v) is 1.62. The van der Waals surface area contributed by atoms with Crippen LogP contribution >= 0.6 is 0 Å². The summed E-state index contributed by atoms with van der Waals surface area (Å²) < 4.78 is 18.8. The molecule has 0 saturated heterocycles. The number of benzene rings is 1. The summed E-state index contributed by atoms with van der Waals surface area (Å²) in [5.41, 5.74) is 0.593. The van der Waals surface area contributed by atoms with E-state index in [4.69, 9.17) is 4.42 Å². The van der Waals surface area contributed by atoms with E-state index in [1.54, 1.807) is 31.5 Å². The molecule has 78 valence electrons. The molecule has 1 unspecified atom stereocenters. The van der Waals surface area contributed by atoms with Gasteiger partial charge in [0, 0.05) is 5.56 Å². The molecular weight excluding hydrogens is 193 g/mol. The Hall–Kier alpha value is -1.61. The fourth-order valence-electron chi connectivity index (χ4n) is 1.62. The molecule has 2 nitrogen and oxygen atoms in total. The number of rotatable bonds is 3. The first-order valence-corrected chi connectivity index (χ1v) is 4.78. The molecule has 1 atom stereocenters. The van der Waals surface area contributed by atoms with Gasteiger partial charge in [0.1, 0.15) is 11.6 Å². The second kappa shape index (κ2) is 4.28. The third kappa shape index (κ3) is 1.92. The predicted octanol–water partition coefficient (Wildman–Crippen LogP) is 2.73. The maximum atomic E-state index is 13.5. The molecule has 0 saturated carbocycles. The van der Waals surface area contributed by atoms with Gasteiger partial charge < -0.3 is 9.73 Å². The zero-order chi connectivity index (χ0) is 10.7. The molecule has 1 aromatic heterocycles. The van der Waals surface area contributed by atoms with Crippen LogP contribution in [0.25, 0.3) is 0 Å². The van der Waals surface area contributed by atoms with Crippen molar-refractivity contribution in [3.05, 3.63) is 59.8 Å². The Morgan fingerprint density at radius 1 is 1.20 bits per heavy atom. The Bertz CT molecular complexity index is 425. The molecule has 0 amide bonds. The second-order valence-corrected chi connectivity index (χ2v) is 3.26. The quantitative estimate of drug-likeness (QED) is 0.833. The Balaban J connectivity index is 2.40. The maximum absolute atomic E-state index is 13.5. The summed E-state index contributed by atoms with van der Waals surface area (Å²) in [6.45, 7) is 0. The number of halogens is 1. The van der Waals surface area contributed by atoms with E-state index in [9.17, 15) is 4.39 Å². The summed E-state index contributed by atoms with van der Waals surface area (Å²) in [5.74, 6) is 0.482. The van der Waals surface area contributed by atoms with E-state index >= 15 is 0 Å². The summed E-state index contributed by atoms with van der Waals surface area (Å²) in [5, 5.41) is 3.03. The molecule has 1 aromatic carbocycles. The molecule has 1 heterocycles. The largest absolute Gasteiger partial charge is 0.467 e. The van der Waals surface area contributed by atoms with Crippen LogP contribution in [0.1, 0.15) is 17.4 Å². The van der Waals surface area contributed by atoms with Crippen LogP contribution in [-0.2, 0) is 0 Å². The van der Waals surface area contributed by atoms with Crippen molar-refractivity contribution in [2.45, 2.75) is 6.04 Å². The van der Waals surface area contributed by atoms with E-state index < -0.39 is 0 Å². The molecule has 0 radical (unpaired) electrons. The Morgan fingerprint density at radius 2 is 2.00 bits per heavy atom. The van der Waals surface area contributed by atoms with Crippen molar-refractivity contribution in [3.8, 4) is 0 Å². The summed E-state index contributed by atoms with van der Waals surface area (Å²) in [6, 6.07) is 10.1. The van der Waals surface area contributed by atoms with Crippen molar-refractivity contribution in [3.63, 3.8) is 0 Å². The van der Waals surface area contributed by atoms with E-state index in [1.165, 1.54) is 6.07 Å². The van der Waals surface area contributed by atoms with Crippen LogP contribution in [0.5, 0.6) is 0 Å². The van der Waals surface area contributed by atoms with Gasteiger partial charge >= 0.3 is 0 Å². The normalized spacial score (nSPS) is 12.7. The molecule has 0 aliphatic heterocycles. The first-order chi connectivity index (χ1) is 7.33. The Labute approximate surface area is 87.7 Å².